The second-order valence-corrected chi connectivity index (χ2v) is 11.6. The van der Waals surface area contributed by atoms with Gasteiger partial charge in [-0.3, -0.25) is 28.9 Å². The summed E-state index contributed by atoms with van der Waals surface area (Å²) in [5.41, 5.74) is -5.10. The van der Waals surface area contributed by atoms with Crippen LogP contribution in [0.15, 0.2) is 0 Å². The Hall–Kier alpha value is 0.520. The Bertz CT molecular complexity index is 459. The van der Waals surface area contributed by atoms with Gasteiger partial charge in [-0.15, -0.1) is 0 Å². The molecule has 0 amide bonds. The Morgan fingerprint density at radius 2 is 0.727 bits per heavy atom. The van der Waals surface area contributed by atoms with E-state index in [1.54, 1.807) is 10.6 Å². The average molecular weight is 408 g/mol. The molecule has 0 aliphatic carbocycles. The van der Waals surface area contributed by atoms with Crippen LogP contribution in [-0.4, -0.2) is 63.3 Å². The molecule has 0 atom stereocenters. The molecular weight excluding hydrogens is 392 g/mol. The molecular formula is C4H16N2O12P4. The minimum atomic E-state index is -5.24. The fourth-order valence-corrected chi connectivity index (χ4v) is 5.87. The molecule has 0 aliphatic heterocycles. The van der Waals surface area contributed by atoms with Crippen molar-refractivity contribution in [2.24, 2.45) is 0 Å². The lowest BCUT2D eigenvalue weighted by Gasteiger charge is -2.23. The topological polar surface area (TPSA) is 254 Å². The first-order chi connectivity index (χ1) is 9.47. The van der Waals surface area contributed by atoms with E-state index in [4.69, 9.17) is 39.1 Å². The largest absolute Gasteiger partial charge is 0.354 e. The van der Waals surface area contributed by atoms with Gasteiger partial charge in [-0.05, 0) is 0 Å². The van der Waals surface area contributed by atoms with Crippen LogP contribution >= 0.6 is 30.4 Å². The van der Waals surface area contributed by atoms with Crippen LogP contribution < -0.4 is 10.6 Å². The quantitative estimate of drug-likeness (QED) is 0.139. The zero-order valence-corrected chi connectivity index (χ0v) is 14.1. The fourth-order valence-electron chi connectivity index (χ4n) is 1.27. The van der Waals surface area contributed by atoms with Crippen molar-refractivity contribution in [2.45, 2.75) is 11.0 Å². The molecule has 0 saturated carbocycles. The lowest BCUT2D eigenvalue weighted by atomic mass is 10.6. The van der Waals surface area contributed by atoms with E-state index in [1.165, 1.54) is 0 Å². The fraction of sp³-hybridized carbons (Fsp3) is 1.00. The van der Waals surface area contributed by atoms with E-state index in [-0.39, 0.29) is 0 Å². The molecule has 0 aromatic carbocycles. The summed E-state index contributed by atoms with van der Waals surface area (Å²) in [5.74, 6) is 0. The molecule has 0 fully saturated rings. The molecule has 0 bridgehead atoms. The predicted octanol–water partition coefficient (Wildman–Crippen LogP) is -2.56. The number of hydrogen-bond acceptors (Lipinski definition) is 6. The van der Waals surface area contributed by atoms with Crippen LogP contribution in [0.1, 0.15) is 0 Å². The van der Waals surface area contributed by atoms with E-state index in [9.17, 15) is 18.3 Å². The maximum atomic E-state index is 10.9. The number of hydrogen-bond donors (Lipinski definition) is 10. The molecule has 10 N–H and O–H groups in total. The molecule has 134 valence electrons. The second kappa shape index (κ2) is 7.60. The smallest absolute Gasteiger partial charge is 0.323 e. The molecule has 0 heterocycles. The maximum absolute atomic E-state index is 10.9. The monoisotopic (exact) mass is 408 g/mol. The third-order valence-electron chi connectivity index (χ3n) is 2.05. The molecule has 0 aromatic heterocycles. The van der Waals surface area contributed by atoms with E-state index in [0.29, 0.717) is 0 Å². The van der Waals surface area contributed by atoms with Crippen LogP contribution in [0.2, 0.25) is 0 Å². The Morgan fingerprint density at radius 1 is 0.545 bits per heavy atom. The molecule has 14 nitrogen and oxygen atoms in total. The third kappa shape index (κ3) is 7.87. The third-order valence-corrected chi connectivity index (χ3v) is 8.94. The maximum Gasteiger partial charge on any atom is 0.354 e. The van der Waals surface area contributed by atoms with Crippen LogP contribution in [0, 0.1) is 0 Å². The second-order valence-electron chi connectivity index (χ2n) is 4.01. The summed E-state index contributed by atoms with van der Waals surface area (Å²) >= 11 is 0. The molecule has 0 rings (SSSR count). The van der Waals surface area contributed by atoms with Crippen molar-refractivity contribution in [1.29, 1.82) is 0 Å². The van der Waals surface area contributed by atoms with Crippen LogP contribution in [0.5, 0.6) is 0 Å². The normalized spacial score (nSPS) is 14.8. The molecule has 0 aliphatic rings. The van der Waals surface area contributed by atoms with Gasteiger partial charge in [0.25, 0.3) is 0 Å². The van der Waals surface area contributed by atoms with Crippen LogP contribution in [0.25, 0.3) is 0 Å². The van der Waals surface area contributed by atoms with Crippen molar-refractivity contribution in [3.05, 3.63) is 0 Å². The van der Waals surface area contributed by atoms with Gasteiger partial charge in [0.1, 0.15) is 0 Å². The first-order valence-corrected chi connectivity index (χ1v) is 11.9. The van der Waals surface area contributed by atoms with Crippen LogP contribution in [-0.2, 0) is 18.3 Å². The van der Waals surface area contributed by atoms with Gasteiger partial charge in [-0.2, -0.15) is 0 Å². The molecule has 22 heavy (non-hydrogen) atoms. The molecule has 18 heteroatoms. The lowest BCUT2D eigenvalue weighted by Crippen LogP contribution is -2.38. The summed E-state index contributed by atoms with van der Waals surface area (Å²) < 4.78 is 43.6. The van der Waals surface area contributed by atoms with E-state index >= 15 is 0 Å². The summed E-state index contributed by atoms with van der Waals surface area (Å²) in [6.45, 7) is -1.31. The van der Waals surface area contributed by atoms with Gasteiger partial charge < -0.3 is 39.1 Å². The summed E-state index contributed by atoms with van der Waals surface area (Å²) in [6, 6.07) is 0. The lowest BCUT2D eigenvalue weighted by molar-refractivity contribution is 0.318. The highest BCUT2D eigenvalue weighted by Crippen LogP contribution is 2.59. The van der Waals surface area contributed by atoms with Crippen molar-refractivity contribution in [3.8, 4) is 0 Å². The Labute approximate surface area is 123 Å². The zero-order valence-electron chi connectivity index (χ0n) is 10.6. The highest BCUT2D eigenvalue weighted by Gasteiger charge is 2.44. The standard InChI is InChI=1S/C4H16N2O12P4/c7-19(8,9)3(20(10,11)12)5-1-2-6-4(21(13,14)15)22(16,17)18/h3-6H,1-2H2,(H2,7,8,9)(H2,10,11,12)(H2,13,14,15)(H2,16,17,18). The van der Waals surface area contributed by atoms with Crippen LogP contribution in [0.4, 0.5) is 0 Å². The predicted molar refractivity (Wildman–Crippen MR) is 71.8 cm³/mol. The van der Waals surface area contributed by atoms with Crippen molar-refractivity contribution < 1.29 is 57.4 Å². The highest BCUT2D eigenvalue weighted by atomic mass is 31.2. The molecule has 0 spiro atoms. The van der Waals surface area contributed by atoms with Gasteiger partial charge >= 0.3 is 30.4 Å². The summed E-state index contributed by atoms with van der Waals surface area (Å²) in [4.78, 5) is 70.1. The van der Waals surface area contributed by atoms with Gasteiger partial charge in [-0.25, -0.2) is 0 Å². The van der Waals surface area contributed by atoms with E-state index < -0.39 is 54.5 Å². The van der Waals surface area contributed by atoms with Crippen molar-refractivity contribution in [1.82, 2.24) is 10.6 Å². The first-order valence-electron chi connectivity index (χ1n) is 5.15. The van der Waals surface area contributed by atoms with Gasteiger partial charge in [0.15, 0.2) is 0 Å². The van der Waals surface area contributed by atoms with Crippen molar-refractivity contribution in [3.63, 3.8) is 0 Å². The van der Waals surface area contributed by atoms with Gasteiger partial charge in [0.2, 0.25) is 11.0 Å². The first kappa shape index (κ1) is 22.5. The Balaban J connectivity index is 4.77. The highest BCUT2D eigenvalue weighted by molar-refractivity contribution is 7.71. The Morgan fingerprint density at radius 3 is 0.864 bits per heavy atom. The van der Waals surface area contributed by atoms with Crippen LogP contribution in [0.3, 0.4) is 0 Å². The SMILES string of the molecule is O=P(O)(O)C(NCCNC(P(=O)(O)O)P(=O)(O)O)P(=O)(O)O. The minimum Gasteiger partial charge on any atom is -0.323 e. The van der Waals surface area contributed by atoms with E-state index in [0.717, 1.165) is 0 Å². The van der Waals surface area contributed by atoms with Gasteiger partial charge in [0.05, 0.1) is 0 Å². The van der Waals surface area contributed by atoms with Crippen molar-refractivity contribution >= 4 is 30.4 Å². The number of rotatable bonds is 9. The van der Waals surface area contributed by atoms with E-state index in [2.05, 4.69) is 0 Å². The molecule has 0 saturated heterocycles. The Kier molecular flexibility index (Phi) is 7.78. The summed E-state index contributed by atoms with van der Waals surface area (Å²) in [6.07, 6.45) is 0. The van der Waals surface area contributed by atoms with Gasteiger partial charge in [-0.1, -0.05) is 0 Å². The minimum absolute atomic E-state index is 0.655. The van der Waals surface area contributed by atoms with Gasteiger partial charge in [0, 0.05) is 13.1 Å². The summed E-state index contributed by atoms with van der Waals surface area (Å²) in [7, 11) is -20.9. The molecule has 0 unspecified atom stereocenters. The van der Waals surface area contributed by atoms with E-state index in [1.807, 2.05) is 0 Å². The average Bonchev–Trinajstić information content (AvgIpc) is 2.14. The van der Waals surface area contributed by atoms with Crippen molar-refractivity contribution in [2.75, 3.05) is 13.1 Å². The number of nitrogens with one attached hydrogen (secondary N) is 2. The molecule has 0 aromatic rings. The molecule has 0 radical (unpaired) electrons. The summed E-state index contributed by atoms with van der Waals surface area (Å²) in [5, 5.41) is 3.53. The zero-order chi connectivity index (χ0) is 18.0.